The predicted molar refractivity (Wildman–Crippen MR) is 118 cm³/mol. The van der Waals surface area contributed by atoms with Crippen LogP contribution in [0.5, 0.6) is 0 Å². The molecule has 0 unspecified atom stereocenters. The van der Waals surface area contributed by atoms with E-state index in [2.05, 4.69) is 25.8 Å². The Morgan fingerprint density at radius 1 is 0.727 bits per heavy atom. The van der Waals surface area contributed by atoms with Gasteiger partial charge in [0.2, 0.25) is 0 Å². The summed E-state index contributed by atoms with van der Waals surface area (Å²) in [7, 11) is 0. The zero-order chi connectivity index (χ0) is 23.7. The van der Waals surface area contributed by atoms with Crippen molar-refractivity contribution in [2.45, 2.75) is 12.6 Å². The average molecular weight is 455 g/mol. The third-order valence-corrected chi connectivity index (χ3v) is 4.33. The van der Waals surface area contributed by atoms with Gasteiger partial charge in [-0.25, -0.2) is 0 Å². The topological polar surface area (TPSA) is 98.8 Å². The van der Waals surface area contributed by atoms with Crippen LogP contribution in [0.3, 0.4) is 0 Å². The van der Waals surface area contributed by atoms with Gasteiger partial charge in [0.25, 0.3) is 5.78 Å². The molecular weight excluding hydrogens is 435 g/mol. The van der Waals surface area contributed by atoms with E-state index in [1.807, 2.05) is 24.3 Å². The van der Waals surface area contributed by atoms with Crippen molar-refractivity contribution >= 4 is 34.2 Å². The monoisotopic (exact) mass is 455 g/mol. The Morgan fingerprint density at radius 2 is 1.12 bits per heavy atom. The van der Waals surface area contributed by atoms with Crippen molar-refractivity contribution in [2.75, 3.05) is 18.5 Å². The Bertz CT molecular complexity index is 1110. The number of hydrogen-bond donors (Lipinski definition) is 2. The Balaban J connectivity index is 1.56. The van der Waals surface area contributed by atoms with Crippen LogP contribution < -0.4 is 5.32 Å². The molecule has 0 atom stereocenters. The van der Waals surface area contributed by atoms with Crippen LogP contribution in [0.15, 0.2) is 93.3 Å². The van der Waals surface area contributed by atoms with E-state index >= 15 is 0 Å². The highest BCUT2D eigenvalue weighted by atomic mass is 19.4. The SMILES string of the molecule is O=C(c1ccc(N=Nc2ccc(N=Nc3ccc(NCCCO)cc3)cc2)cc1)C(F)(F)F. The molecule has 0 aliphatic carbocycles. The summed E-state index contributed by atoms with van der Waals surface area (Å²) >= 11 is 0. The van der Waals surface area contributed by atoms with Crippen molar-refractivity contribution in [3.63, 3.8) is 0 Å². The second kappa shape index (κ2) is 11.1. The number of rotatable bonds is 9. The molecule has 3 aromatic carbocycles. The Labute approximate surface area is 187 Å². The lowest BCUT2D eigenvalue weighted by atomic mass is 10.1. The van der Waals surface area contributed by atoms with E-state index in [4.69, 9.17) is 5.11 Å². The van der Waals surface area contributed by atoms with E-state index < -0.39 is 17.5 Å². The second-order valence-electron chi connectivity index (χ2n) is 6.84. The van der Waals surface area contributed by atoms with Crippen molar-refractivity contribution in [3.05, 3.63) is 78.4 Å². The lowest BCUT2D eigenvalue weighted by Gasteiger charge is -2.04. The molecule has 0 heterocycles. The summed E-state index contributed by atoms with van der Waals surface area (Å²) in [5.74, 6) is -1.90. The zero-order valence-corrected chi connectivity index (χ0v) is 17.3. The van der Waals surface area contributed by atoms with Gasteiger partial charge in [-0.05, 0) is 79.2 Å². The molecule has 0 amide bonds. The normalized spacial score (nSPS) is 11.9. The molecule has 0 spiro atoms. The molecule has 0 fully saturated rings. The van der Waals surface area contributed by atoms with Crippen LogP contribution in [0.4, 0.5) is 41.6 Å². The quantitative estimate of drug-likeness (QED) is 0.205. The number of Topliss-reactive ketones (excluding diaryl/α,β-unsaturated/α-hetero) is 1. The van der Waals surface area contributed by atoms with Crippen LogP contribution in [0.25, 0.3) is 0 Å². The largest absolute Gasteiger partial charge is 0.454 e. The number of hydrogen-bond acceptors (Lipinski definition) is 7. The van der Waals surface area contributed by atoms with Gasteiger partial charge in [-0.1, -0.05) is 0 Å². The summed E-state index contributed by atoms with van der Waals surface area (Å²) in [6, 6.07) is 18.8. The van der Waals surface area contributed by atoms with E-state index in [0.717, 1.165) is 17.8 Å². The van der Waals surface area contributed by atoms with E-state index in [1.54, 1.807) is 24.3 Å². The smallest absolute Gasteiger partial charge is 0.396 e. The third-order valence-electron chi connectivity index (χ3n) is 4.33. The summed E-state index contributed by atoms with van der Waals surface area (Å²) in [4.78, 5) is 11.2. The first-order chi connectivity index (χ1) is 15.8. The Kier molecular flexibility index (Phi) is 7.98. The molecule has 3 rings (SSSR count). The van der Waals surface area contributed by atoms with Crippen molar-refractivity contribution in [2.24, 2.45) is 20.5 Å². The third kappa shape index (κ3) is 7.32. The van der Waals surface area contributed by atoms with Gasteiger partial charge >= 0.3 is 6.18 Å². The summed E-state index contributed by atoms with van der Waals surface area (Å²) < 4.78 is 37.3. The number of benzene rings is 3. The van der Waals surface area contributed by atoms with Crippen LogP contribution in [-0.4, -0.2) is 30.2 Å². The van der Waals surface area contributed by atoms with Gasteiger partial charge in [0.15, 0.2) is 0 Å². The highest BCUT2D eigenvalue weighted by Gasteiger charge is 2.39. The number of aliphatic hydroxyl groups is 1. The summed E-state index contributed by atoms with van der Waals surface area (Å²) in [5, 5.41) is 28.3. The number of alkyl halides is 3. The molecule has 0 saturated heterocycles. The Morgan fingerprint density at radius 3 is 1.52 bits per heavy atom. The van der Waals surface area contributed by atoms with E-state index in [-0.39, 0.29) is 6.61 Å². The van der Waals surface area contributed by atoms with Crippen molar-refractivity contribution in [1.29, 1.82) is 0 Å². The highest BCUT2D eigenvalue weighted by Crippen LogP contribution is 2.26. The molecule has 7 nitrogen and oxygen atoms in total. The molecule has 0 aliphatic heterocycles. The van der Waals surface area contributed by atoms with Gasteiger partial charge < -0.3 is 10.4 Å². The number of carbonyl (C=O) groups excluding carboxylic acids is 1. The van der Waals surface area contributed by atoms with Crippen molar-refractivity contribution in [3.8, 4) is 0 Å². The van der Waals surface area contributed by atoms with Crippen LogP contribution in [0.1, 0.15) is 16.8 Å². The number of carbonyl (C=O) groups is 1. The minimum atomic E-state index is -4.91. The van der Waals surface area contributed by atoms with Crippen molar-refractivity contribution < 1.29 is 23.1 Å². The van der Waals surface area contributed by atoms with Gasteiger partial charge in [-0.15, -0.1) is 0 Å². The van der Waals surface area contributed by atoms with Gasteiger partial charge in [0, 0.05) is 24.4 Å². The summed E-state index contributed by atoms with van der Waals surface area (Å²) in [6.45, 7) is 0.824. The molecule has 0 radical (unpaired) electrons. The first-order valence-corrected chi connectivity index (χ1v) is 9.95. The number of nitrogens with one attached hydrogen (secondary N) is 1. The molecule has 0 aromatic heterocycles. The molecular formula is C23H20F3N5O2. The van der Waals surface area contributed by atoms with Crippen LogP contribution in [0, 0.1) is 0 Å². The van der Waals surface area contributed by atoms with Crippen LogP contribution in [0.2, 0.25) is 0 Å². The molecule has 33 heavy (non-hydrogen) atoms. The fourth-order valence-electron chi connectivity index (χ4n) is 2.62. The number of halogens is 3. The first-order valence-electron chi connectivity index (χ1n) is 9.95. The lowest BCUT2D eigenvalue weighted by Crippen LogP contribution is -2.22. The molecule has 2 N–H and O–H groups in total. The maximum atomic E-state index is 12.4. The molecule has 0 saturated carbocycles. The predicted octanol–water partition coefficient (Wildman–Crippen LogP) is 7.06. The van der Waals surface area contributed by atoms with Gasteiger partial charge in [0.1, 0.15) is 0 Å². The maximum absolute atomic E-state index is 12.4. The second-order valence-corrected chi connectivity index (χ2v) is 6.84. The fraction of sp³-hybridized carbons (Fsp3) is 0.174. The van der Waals surface area contributed by atoms with Gasteiger partial charge in [-0.2, -0.15) is 33.6 Å². The van der Waals surface area contributed by atoms with Crippen LogP contribution >= 0.6 is 0 Å². The molecule has 170 valence electrons. The lowest BCUT2D eigenvalue weighted by molar-refractivity contribution is -0.0885. The van der Waals surface area contributed by atoms with Crippen molar-refractivity contribution in [1.82, 2.24) is 0 Å². The number of ketones is 1. The standard InChI is InChI=1S/C23H20F3N5O2/c24-23(25,26)22(33)16-2-4-18(5-3-16)28-30-20-10-12-21(13-11-20)31-29-19-8-6-17(7-9-19)27-14-1-15-32/h2-13,27,32H,1,14-15H2. The minimum absolute atomic E-state index is 0.139. The zero-order valence-electron chi connectivity index (χ0n) is 17.3. The molecule has 0 bridgehead atoms. The maximum Gasteiger partial charge on any atom is 0.454 e. The van der Waals surface area contributed by atoms with Gasteiger partial charge in [0.05, 0.1) is 22.7 Å². The number of aliphatic hydroxyl groups excluding tert-OH is 1. The first kappa shape index (κ1) is 23.7. The van der Waals surface area contributed by atoms with Gasteiger partial charge in [-0.3, -0.25) is 4.79 Å². The Hall–Kier alpha value is -3.92. The summed E-state index contributed by atoms with van der Waals surface area (Å²) in [5.41, 5.74) is 2.59. The molecule has 3 aromatic rings. The number of anilines is 1. The molecule has 0 aliphatic rings. The minimum Gasteiger partial charge on any atom is -0.396 e. The molecule has 10 heteroatoms. The van der Waals surface area contributed by atoms with E-state index in [9.17, 15) is 18.0 Å². The fourth-order valence-corrected chi connectivity index (χ4v) is 2.62. The highest BCUT2D eigenvalue weighted by molar-refractivity contribution is 6.00. The summed E-state index contributed by atoms with van der Waals surface area (Å²) in [6.07, 6.45) is -4.24. The van der Waals surface area contributed by atoms with Crippen LogP contribution in [-0.2, 0) is 0 Å². The van der Waals surface area contributed by atoms with E-state index in [0.29, 0.717) is 35.7 Å². The average Bonchev–Trinajstić information content (AvgIpc) is 2.82. The number of nitrogens with zero attached hydrogens (tertiary/aromatic N) is 4. The number of azo groups is 2. The van der Waals surface area contributed by atoms with E-state index in [1.165, 1.54) is 12.1 Å².